The Labute approximate surface area is 124 Å². The van der Waals surface area contributed by atoms with E-state index in [1.165, 1.54) is 6.20 Å². The lowest BCUT2D eigenvalue weighted by Gasteiger charge is -2.15. The van der Waals surface area contributed by atoms with Crippen LogP contribution < -0.4 is 10.0 Å². The summed E-state index contributed by atoms with van der Waals surface area (Å²) in [7, 11) is -3.63. The van der Waals surface area contributed by atoms with Crippen LogP contribution in [-0.2, 0) is 16.4 Å². The molecule has 1 unspecified atom stereocenters. The van der Waals surface area contributed by atoms with Gasteiger partial charge >= 0.3 is 0 Å². The molecule has 2 N–H and O–H groups in total. The third-order valence-corrected chi connectivity index (χ3v) is 4.50. The largest absolute Gasteiger partial charge is 0.469 e. The van der Waals surface area contributed by atoms with E-state index >= 15 is 0 Å². The number of pyridine rings is 1. The molecule has 0 aliphatic rings. The Morgan fingerprint density at radius 2 is 2.19 bits per heavy atom. The van der Waals surface area contributed by atoms with E-state index < -0.39 is 10.0 Å². The second-order valence-corrected chi connectivity index (χ2v) is 6.39. The zero-order chi connectivity index (χ0) is 15.3. The number of nitrogens with one attached hydrogen (secondary N) is 2. The molecule has 2 aromatic heterocycles. The molecule has 0 saturated carbocycles. The number of rotatable bonds is 7. The second-order valence-electron chi connectivity index (χ2n) is 4.71. The molecule has 0 bridgehead atoms. The standard InChI is InChI=1S/C14H19N3O3S/c1-3-16-13-6-7-15-10-14(13)21(18,19)17-11(2)9-12-5-4-8-20-12/h4-8,10-11,17H,3,9H2,1-2H3,(H,15,16). The lowest BCUT2D eigenvalue weighted by Crippen LogP contribution is -2.34. The highest BCUT2D eigenvalue weighted by Crippen LogP contribution is 2.19. The minimum Gasteiger partial charge on any atom is -0.469 e. The number of aromatic nitrogens is 1. The van der Waals surface area contributed by atoms with Crippen molar-refractivity contribution in [2.75, 3.05) is 11.9 Å². The summed E-state index contributed by atoms with van der Waals surface area (Å²) < 4.78 is 32.8. The number of furan rings is 1. The number of nitrogens with zero attached hydrogens (tertiary/aromatic N) is 1. The van der Waals surface area contributed by atoms with E-state index in [1.54, 1.807) is 31.5 Å². The van der Waals surface area contributed by atoms with Crippen LogP contribution in [0.1, 0.15) is 19.6 Å². The van der Waals surface area contributed by atoms with Crippen molar-refractivity contribution < 1.29 is 12.8 Å². The average Bonchev–Trinajstić information content (AvgIpc) is 2.91. The molecule has 0 saturated heterocycles. The molecular formula is C14H19N3O3S. The predicted octanol–water partition coefficient (Wildman–Crippen LogP) is 2.02. The Morgan fingerprint density at radius 3 is 2.86 bits per heavy atom. The summed E-state index contributed by atoms with van der Waals surface area (Å²) in [6.45, 7) is 4.33. The molecule has 114 valence electrons. The van der Waals surface area contributed by atoms with Gasteiger partial charge in [0.05, 0.1) is 12.0 Å². The summed E-state index contributed by atoms with van der Waals surface area (Å²) in [5.74, 6) is 0.739. The normalized spacial score (nSPS) is 13.0. The van der Waals surface area contributed by atoms with Gasteiger partial charge in [-0.1, -0.05) is 0 Å². The van der Waals surface area contributed by atoms with Gasteiger partial charge in [0.1, 0.15) is 10.7 Å². The molecule has 2 rings (SSSR count). The first-order chi connectivity index (χ1) is 10.0. The van der Waals surface area contributed by atoms with Crippen LogP contribution in [0, 0.1) is 0 Å². The molecule has 0 fully saturated rings. The van der Waals surface area contributed by atoms with Crippen LogP contribution in [0.2, 0.25) is 0 Å². The van der Waals surface area contributed by atoms with Crippen molar-refractivity contribution in [2.45, 2.75) is 31.2 Å². The van der Waals surface area contributed by atoms with E-state index in [2.05, 4.69) is 15.0 Å². The Hall–Kier alpha value is -1.86. The van der Waals surface area contributed by atoms with Gasteiger partial charge in [0.15, 0.2) is 0 Å². The van der Waals surface area contributed by atoms with Gasteiger partial charge in [-0.15, -0.1) is 0 Å². The zero-order valence-electron chi connectivity index (χ0n) is 12.0. The average molecular weight is 309 g/mol. The maximum absolute atomic E-state index is 12.4. The monoisotopic (exact) mass is 309 g/mol. The first-order valence-electron chi connectivity index (χ1n) is 6.75. The quantitative estimate of drug-likeness (QED) is 0.817. The molecule has 0 aliphatic heterocycles. The fourth-order valence-corrected chi connectivity index (χ4v) is 3.40. The zero-order valence-corrected chi connectivity index (χ0v) is 12.9. The van der Waals surface area contributed by atoms with Crippen LogP contribution in [-0.4, -0.2) is 26.0 Å². The topological polar surface area (TPSA) is 84.2 Å². The third kappa shape index (κ3) is 4.05. The number of hydrogen-bond acceptors (Lipinski definition) is 5. The molecule has 2 heterocycles. The van der Waals surface area contributed by atoms with E-state index in [0.717, 1.165) is 5.76 Å². The van der Waals surface area contributed by atoms with E-state index in [1.807, 2.05) is 13.0 Å². The van der Waals surface area contributed by atoms with Crippen molar-refractivity contribution in [3.05, 3.63) is 42.6 Å². The summed E-state index contributed by atoms with van der Waals surface area (Å²) in [5.41, 5.74) is 0.546. The van der Waals surface area contributed by atoms with Gasteiger partial charge in [0.2, 0.25) is 10.0 Å². The van der Waals surface area contributed by atoms with Crippen LogP contribution in [0.3, 0.4) is 0 Å². The third-order valence-electron chi connectivity index (χ3n) is 2.89. The molecule has 0 aliphatic carbocycles. The van der Waals surface area contributed by atoms with E-state index in [4.69, 9.17) is 4.42 Å². The van der Waals surface area contributed by atoms with Gasteiger partial charge < -0.3 is 9.73 Å². The second kappa shape index (κ2) is 6.73. The number of sulfonamides is 1. The van der Waals surface area contributed by atoms with Gasteiger partial charge in [-0.05, 0) is 32.0 Å². The van der Waals surface area contributed by atoms with Crippen molar-refractivity contribution in [2.24, 2.45) is 0 Å². The molecule has 0 aromatic carbocycles. The van der Waals surface area contributed by atoms with E-state index in [0.29, 0.717) is 18.7 Å². The van der Waals surface area contributed by atoms with Gasteiger partial charge in [0.25, 0.3) is 0 Å². The lowest BCUT2D eigenvalue weighted by molar-refractivity contribution is 0.479. The summed E-state index contributed by atoms with van der Waals surface area (Å²) in [4.78, 5) is 4.05. The molecule has 6 nitrogen and oxygen atoms in total. The maximum Gasteiger partial charge on any atom is 0.244 e. The first-order valence-corrected chi connectivity index (χ1v) is 8.24. The summed E-state index contributed by atoms with van der Waals surface area (Å²) in [6.07, 6.45) is 4.97. The van der Waals surface area contributed by atoms with Crippen LogP contribution in [0.5, 0.6) is 0 Å². The van der Waals surface area contributed by atoms with E-state index in [-0.39, 0.29) is 10.9 Å². The van der Waals surface area contributed by atoms with Crippen molar-refractivity contribution in [1.82, 2.24) is 9.71 Å². The van der Waals surface area contributed by atoms with Gasteiger partial charge in [-0.2, -0.15) is 0 Å². The predicted molar refractivity (Wildman–Crippen MR) is 80.6 cm³/mol. The Balaban J connectivity index is 2.14. The summed E-state index contributed by atoms with van der Waals surface area (Å²) in [6, 6.07) is 4.96. The highest BCUT2D eigenvalue weighted by atomic mass is 32.2. The van der Waals surface area contributed by atoms with Crippen LogP contribution in [0.25, 0.3) is 0 Å². The SMILES string of the molecule is CCNc1ccncc1S(=O)(=O)NC(C)Cc1ccco1. The van der Waals surface area contributed by atoms with Crippen LogP contribution in [0.15, 0.2) is 46.2 Å². The Kier molecular flexibility index (Phi) is 4.98. The first kappa shape index (κ1) is 15.5. The van der Waals surface area contributed by atoms with E-state index in [9.17, 15) is 8.42 Å². The fraction of sp³-hybridized carbons (Fsp3) is 0.357. The summed E-state index contributed by atoms with van der Waals surface area (Å²) >= 11 is 0. The minimum atomic E-state index is -3.63. The van der Waals surface area contributed by atoms with Crippen molar-refractivity contribution in [1.29, 1.82) is 0 Å². The lowest BCUT2D eigenvalue weighted by atomic mass is 10.2. The smallest absolute Gasteiger partial charge is 0.244 e. The number of anilines is 1. The molecule has 21 heavy (non-hydrogen) atoms. The molecular weight excluding hydrogens is 290 g/mol. The molecule has 0 radical (unpaired) electrons. The molecule has 0 spiro atoms. The highest BCUT2D eigenvalue weighted by molar-refractivity contribution is 7.89. The van der Waals surface area contributed by atoms with Crippen molar-refractivity contribution in [3.8, 4) is 0 Å². The Bertz CT molecular complexity index is 669. The van der Waals surface area contributed by atoms with Gasteiger partial charge in [-0.3, -0.25) is 4.98 Å². The molecule has 0 amide bonds. The number of hydrogen-bond donors (Lipinski definition) is 2. The maximum atomic E-state index is 12.4. The van der Waals surface area contributed by atoms with Crippen molar-refractivity contribution in [3.63, 3.8) is 0 Å². The van der Waals surface area contributed by atoms with Gasteiger partial charge in [-0.25, -0.2) is 13.1 Å². The van der Waals surface area contributed by atoms with Crippen LogP contribution in [0.4, 0.5) is 5.69 Å². The fourth-order valence-electron chi connectivity index (χ4n) is 2.03. The summed E-state index contributed by atoms with van der Waals surface area (Å²) in [5, 5.41) is 3.02. The molecule has 2 aromatic rings. The Morgan fingerprint density at radius 1 is 1.38 bits per heavy atom. The highest BCUT2D eigenvalue weighted by Gasteiger charge is 2.21. The molecule has 1 atom stereocenters. The van der Waals surface area contributed by atoms with Crippen LogP contribution >= 0.6 is 0 Å². The minimum absolute atomic E-state index is 0.151. The molecule has 7 heteroatoms. The van der Waals surface area contributed by atoms with Gasteiger partial charge in [0, 0.05) is 31.4 Å². The van der Waals surface area contributed by atoms with Crippen molar-refractivity contribution >= 4 is 15.7 Å².